The fraction of sp³-hybridized carbons (Fsp3) is 0.125. The molecule has 3 aromatic rings. The molecule has 0 unspecified atom stereocenters. The molecule has 1 aromatic carbocycles. The van der Waals surface area contributed by atoms with Gasteiger partial charge in [-0.2, -0.15) is 5.11 Å². The van der Waals surface area contributed by atoms with Crippen molar-refractivity contribution in [3.63, 3.8) is 0 Å². The van der Waals surface area contributed by atoms with Gasteiger partial charge in [-0.05, 0) is 43.5 Å². The Hall–Kier alpha value is -3.32. The van der Waals surface area contributed by atoms with Gasteiger partial charge in [0.15, 0.2) is 16.7 Å². The molecule has 0 aliphatic carbocycles. The Morgan fingerprint density at radius 2 is 1.86 bits per heavy atom. The number of rotatable bonds is 6. The number of aromatic amines is 1. The highest BCUT2D eigenvalue weighted by Gasteiger charge is 2.15. The number of nitrogens with two attached hydrogens (primary N) is 1. The molecule has 0 fully saturated rings. The number of H-pyrrole nitrogens is 1. The molecule has 0 bridgehead atoms. The van der Waals surface area contributed by atoms with Gasteiger partial charge in [-0.15, -0.1) is 5.11 Å². The Kier molecular flexibility index (Phi) is 5.89. The standard InChI is InChI=1S/C16H16N8O3S2/c1-9-7-8-18-15(19-9)24-29(26,27)11-5-3-10(4-6-11)22-23-12-13(17)20-16(28-2)21-14(12)25/h3-8H,1-2H3,(H,18,19,24)(H3,17,20,21,25). The molecule has 0 aliphatic rings. The van der Waals surface area contributed by atoms with Crippen LogP contribution in [0.5, 0.6) is 0 Å². The molecule has 13 heteroatoms. The zero-order valence-corrected chi connectivity index (χ0v) is 17.0. The number of nitrogens with one attached hydrogen (secondary N) is 2. The number of hydrogen-bond donors (Lipinski definition) is 3. The number of nitrogen functional groups attached to an aromatic ring is 1. The average Bonchev–Trinajstić information content (AvgIpc) is 2.67. The first-order chi connectivity index (χ1) is 13.8. The van der Waals surface area contributed by atoms with E-state index < -0.39 is 15.6 Å². The number of sulfonamides is 1. The molecule has 150 valence electrons. The summed E-state index contributed by atoms with van der Waals surface area (Å²) in [5.41, 5.74) is 6.03. The van der Waals surface area contributed by atoms with Crippen LogP contribution in [0.15, 0.2) is 61.6 Å². The largest absolute Gasteiger partial charge is 0.382 e. The van der Waals surface area contributed by atoms with Crippen molar-refractivity contribution in [2.45, 2.75) is 17.0 Å². The van der Waals surface area contributed by atoms with Crippen molar-refractivity contribution >= 4 is 44.9 Å². The van der Waals surface area contributed by atoms with E-state index in [9.17, 15) is 13.2 Å². The van der Waals surface area contributed by atoms with Gasteiger partial charge in [0.1, 0.15) is 0 Å². The normalized spacial score (nSPS) is 11.7. The van der Waals surface area contributed by atoms with Crippen LogP contribution in [0.2, 0.25) is 0 Å². The molecule has 29 heavy (non-hydrogen) atoms. The highest BCUT2D eigenvalue weighted by Crippen LogP contribution is 2.22. The molecule has 3 rings (SSSR count). The van der Waals surface area contributed by atoms with Crippen LogP contribution in [0.25, 0.3) is 0 Å². The van der Waals surface area contributed by atoms with E-state index in [0.29, 0.717) is 16.5 Å². The Balaban J connectivity index is 1.80. The number of aryl methyl sites for hydroxylation is 1. The first-order valence-electron chi connectivity index (χ1n) is 8.06. The first kappa shape index (κ1) is 20.4. The van der Waals surface area contributed by atoms with Gasteiger partial charge in [0.05, 0.1) is 10.6 Å². The summed E-state index contributed by atoms with van der Waals surface area (Å²) in [7, 11) is -3.87. The average molecular weight is 432 g/mol. The van der Waals surface area contributed by atoms with Crippen molar-refractivity contribution in [2.24, 2.45) is 10.2 Å². The third kappa shape index (κ3) is 4.94. The Morgan fingerprint density at radius 1 is 1.14 bits per heavy atom. The summed E-state index contributed by atoms with van der Waals surface area (Å²) in [6.45, 7) is 1.72. The maximum Gasteiger partial charge on any atom is 0.281 e. The number of azo groups is 1. The summed E-state index contributed by atoms with van der Waals surface area (Å²) < 4.78 is 27.2. The summed E-state index contributed by atoms with van der Waals surface area (Å²) in [6.07, 6.45) is 3.20. The third-order valence-corrected chi connectivity index (χ3v) is 5.45. The summed E-state index contributed by atoms with van der Waals surface area (Å²) in [4.78, 5) is 26.4. The van der Waals surface area contributed by atoms with Crippen molar-refractivity contribution in [3.05, 3.63) is 52.6 Å². The minimum Gasteiger partial charge on any atom is -0.382 e. The molecule has 0 spiro atoms. The number of hydrogen-bond acceptors (Lipinski definition) is 10. The van der Waals surface area contributed by atoms with Gasteiger partial charge in [0.2, 0.25) is 5.95 Å². The van der Waals surface area contributed by atoms with Crippen LogP contribution in [0.3, 0.4) is 0 Å². The Labute approximate surface area is 170 Å². The van der Waals surface area contributed by atoms with Crippen LogP contribution in [0.4, 0.5) is 23.1 Å². The molecule has 0 aliphatic heterocycles. The predicted octanol–water partition coefficient (Wildman–Crippen LogP) is 2.39. The number of benzene rings is 1. The second-order valence-electron chi connectivity index (χ2n) is 5.63. The van der Waals surface area contributed by atoms with E-state index in [2.05, 4.69) is 34.9 Å². The third-order valence-electron chi connectivity index (χ3n) is 3.53. The zero-order valence-electron chi connectivity index (χ0n) is 15.3. The maximum atomic E-state index is 12.4. The quantitative estimate of drug-likeness (QED) is 0.303. The summed E-state index contributed by atoms with van der Waals surface area (Å²) in [5, 5.41) is 8.10. The lowest BCUT2D eigenvalue weighted by Gasteiger charge is -2.07. The molecule has 11 nitrogen and oxygen atoms in total. The van der Waals surface area contributed by atoms with Gasteiger partial charge in [0.25, 0.3) is 15.6 Å². The number of aromatic nitrogens is 4. The molecule has 2 heterocycles. The lowest BCUT2D eigenvalue weighted by atomic mass is 10.3. The molecule has 0 saturated heterocycles. The van der Waals surface area contributed by atoms with E-state index in [0.717, 1.165) is 0 Å². The van der Waals surface area contributed by atoms with Gasteiger partial charge in [-0.1, -0.05) is 11.8 Å². The lowest BCUT2D eigenvalue weighted by Crippen LogP contribution is -2.15. The van der Waals surface area contributed by atoms with E-state index >= 15 is 0 Å². The smallest absolute Gasteiger partial charge is 0.281 e. The molecular weight excluding hydrogens is 416 g/mol. The van der Waals surface area contributed by atoms with Gasteiger partial charge in [-0.3, -0.25) is 9.78 Å². The number of nitrogens with zero attached hydrogens (tertiary/aromatic N) is 5. The molecule has 0 amide bonds. The lowest BCUT2D eigenvalue weighted by molar-refractivity contribution is 0.601. The van der Waals surface area contributed by atoms with Gasteiger partial charge in [0, 0.05) is 11.9 Å². The van der Waals surface area contributed by atoms with Gasteiger partial charge < -0.3 is 5.73 Å². The highest BCUT2D eigenvalue weighted by molar-refractivity contribution is 7.98. The fourth-order valence-corrected chi connectivity index (χ4v) is 3.47. The summed E-state index contributed by atoms with van der Waals surface area (Å²) in [6, 6.07) is 7.20. The predicted molar refractivity (Wildman–Crippen MR) is 109 cm³/mol. The Morgan fingerprint density at radius 3 is 2.48 bits per heavy atom. The first-order valence-corrected chi connectivity index (χ1v) is 10.8. The molecule has 0 atom stereocenters. The maximum absolute atomic E-state index is 12.4. The second kappa shape index (κ2) is 8.36. The van der Waals surface area contributed by atoms with E-state index in [4.69, 9.17) is 5.73 Å². The number of thioether (sulfide) groups is 1. The monoisotopic (exact) mass is 432 g/mol. The molecule has 0 radical (unpaired) electrons. The topological polar surface area (TPSA) is 168 Å². The summed E-state index contributed by atoms with van der Waals surface area (Å²) in [5.74, 6) is -0.0759. The van der Waals surface area contributed by atoms with E-state index in [-0.39, 0.29) is 22.3 Å². The zero-order chi connectivity index (χ0) is 21.0. The van der Waals surface area contributed by atoms with Crippen molar-refractivity contribution in [1.82, 2.24) is 19.9 Å². The van der Waals surface area contributed by atoms with Crippen LogP contribution in [-0.4, -0.2) is 34.6 Å². The van der Waals surface area contributed by atoms with Crippen LogP contribution in [0.1, 0.15) is 5.69 Å². The van der Waals surface area contributed by atoms with Crippen LogP contribution in [-0.2, 0) is 10.0 Å². The van der Waals surface area contributed by atoms with Crippen LogP contribution >= 0.6 is 11.8 Å². The SMILES string of the molecule is CSc1nc(N)c(N=Nc2ccc(S(=O)(=O)Nc3nccc(C)n3)cc2)c(=O)[nH]1. The number of anilines is 2. The van der Waals surface area contributed by atoms with E-state index in [1.54, 1.807) is 19.2 Å². The molecule has 4 N–H and O–H groups in total. The molecular formula is C16H16N8O3S2. The fourth-order valence-electron chi connectivity index (χ4n) is 2.13. The van der Waals surface area contributed by atoms with E-state index in [1.165, 1.54) is 42.2 Å². The second-order valence-corrected chi connectivity index (χ2v) is 8.11. The van der Waals surface area contributed by atoms with Crippen molar-refractivity contribution in [2.75, 3.05) is 16.7 Å². The van der Waals surface area contributed by atoms with Gasteiger partial charge in [-0.25, -0.2) is 28.1 Å². The minimum absolute atomic E-state index is 0.00934. The summed E-state index contributed by atoms with van der Waals surface area (Å²) >= 11 is 1.23. The Bertz CT molecular complexity index is 1220. The van der Waals surface area contributed by atoms with Crippen LogP contribution in [0, 0.1) is 6.92 Å². The van der Waals surface area contributed by atoms with Crippen molar-refractivity contribution < 1.29 is 8.42 Å². The van der Waals surface area contributed by atoms with Crippen molar-refractivity contribution in [3.8, 4) is 0 Å². The van der Waals surface area contributed by atoms with Crippen molar-refractivity contribution in [1.29, 1.82) is 0 Å². The molecule has 2 aromatic heterocycles. The molecule has 0 saturated carbocycles. The van der Waals surface area contributed by atoms with Gasteiger partial charge >= 0.3 is 0 Å². The van der Waals surface area contributed by atoms with Crippen LogP contribution < -0.4 is 16.0 Å². The van der Waals surface area contributed by atoms with E-state index in [1.807, 2.05) is 0 Å². The minimum atomic E-state index is -3.87. The highest BCUT2D eigenvalue weighted by atomic mass is 32.2.